The molecular formula is C28H27Cl2N3O3S. The van der Waals surface area contributed by atoms with Crippen molar-refractivity contribution >= 4 is 67.0 Å². The van der Waals surface area contributed by atoms with Crippen molar-refractivity contribution in [1.82, 2.24) is 0 Å². The van der Waals surface area contributed by atoms with Gasteiger partial charge in [0.15, 0.2) is 0 Å². The molecular weight excluding hydrogens is 529 g/mol. The third kappa shape index (κ3) is 5.69. The molecule has 0 spiro atoms. The zero-order valence-corrected chi connectivity index (χ0v) is 23.0. The Hall–Kier alpha value is -3.26. The highest BCUT2D eigenvalue weighted by molar-refractivity contribution is 7.93. The van der Waals surface area contributed by atoms with Crippen LogP contribution in [0.5, 0.6) is 0 Å². The number of nitrogens with one attached hydrogen (secondary N) is 2. The number of sulfonamides is 1. The van der Waals surface area contributed by atoms with Crippen molar-refractivity contribution in [2.24, 2.45) is 0 Å². The standard InChI is InChI=1S/C28H27Cl2N3O3S/c1-4-20(27-23(29)10-7-11-24(27)30)28(34)31-18-14-16-19(17-15-18)32-37(35,36)26-13-6-8-21-22(26)9-5-12-25(21)33(2)3/h5-17,20,32H,4H2,1-3H3,(H,31,34). The highest BCUT2D eigenvalue weighted by atomic mass is 35.5. The fourth-order valence-electron chi connectivity index (χ4n) is 4.31. The van der Waals surface area contributed by atoms with Gasteiger partial charge in [0.05, 0.1) is 10.8 Å². The summed E-state index contributed by atoms with van der Waals surface area (Å²) in [5, 5.41) is 5.22. The van der Waals surface area contributed by atoms with Crippen molar-refractivity contribution in [3.63, 3.8) is 0 Å². The Morgan fingerprint density at radius 2 is 1.41 bits per heavy atom. The van der Waals surface area contributed by atoms with Gasteiger partial charge in [0.1, 0.15) is 0 Å². The molecule has 0 heterocycles. The third-order valence-electron chi connectivity index (χ3n) is 6.11. The Morgan fingerprint density at radius 3 is 2.03 bits per heavy atom. The van der Waals surface area contributed by atoms with Crippen LogP contribution < -0.4 is 14.9 Å². The van der Waals surface area contributed by atoms with Crippen LogP contribution >= 0.6 is 23.2 Å². The first kappa shape index (κ1) is 26.8. The number of fused-ring (bicyclic) bond motifs is 1. The first-order valence-corrected chi connectivity index (χ1v) is 13.9. The molecule has 0 saturated heterocycles. The van der Waals surface area contributed by atoms with E-state index in [1.165, 1.54) is 0 Å². The van der Waals surface area contributed by atoms with Crippen LogP contribution in [-0.2, 0) is 14.8 Å². The highest BCUT2D eigenvalue weighted by Gasteiger charge is 2.24. The van der Waals surface area contributed by atoms with Crippen LogP contribution in [0.25, 0.3) is 10.8 Å². The molecule has 192 valence electrons. The van der Waals surface area contributed by atoms with Crippen LogP contribution in [0.1, 0.15) is 24.8 Å². The Balaban J connectivity index is 1.54. The summed E-state index contributed by atoms with van der Waals surface area (Å²) >= 11 is 12.6. The van der Waals surface area contributed by atoms with E-state index >= 15 is 0 Å². The molecule has 4 aromatic carbocycles. The van der Waals surface area contributed by atoms with Crippen LogP contribution in [0, 0.1) is 0 Å². The van der Waals surface area contributed by atoms with E-state index in [0.717, 1.165) is 11.1 Å². The van der Waals surface area contributed by atoms with Gasteiger partial charge in [-0.2, -0.15) is 0 Å². The lowest BCUT2D eigenvalue weighted by molar-refractivity contribution is -0.117. The number of hydrogen-bond donors (Lipinski definition) is 2. The number of amides is 1. The Bertz CT molecular complexity index is 1530. The van der Waals surface area contributed by atoms with Gasteiger partial charge in [-0.15, -0.1) is 0 Å². The predicted octanol–water partition coefficient (Wildman–Crippen LogP) is 7.15. The topological polar surface area (TPSA) is 78.5 Å². The molecule has 0 aromatic heterocycles. The molecule has 0 fully saturated rings. The summed E-state index contributed by atoms with van der Waals surface area (Å²) in [6.07, 6.45) is 0.508. The summed E-state index contributed by atoms with van der Waals surface area (Å²) < 4.78 is 29.2. The summed E-state index contributed by atoms with van der Waals surface area (Å²) in [7, 11) is -0.0325. The second-order valence-electron chi connectivity index (χ2n) is 8.79. The minimum Gasteiger partial charge on any atom is -0.377 e. The van der Waals surface area contributed by atoms with E-state index < -0.39 is 15.9 Å². The molecule has 0 saturated carbocycles. The lowest BCUT2D eigenvalue weighted by atomic mass is 9.95. The van der Waals surface area contributed by atoms with E-state index in [-0.39, 0.29) is 10.8 Å². The molecule has 37 heavy (non-hydrogen) atoms. The van der Waals surface area contributed by atoms with Crippen molar-refractivity contribution in [3.8, 4) is 0 Å². The molecule has 6 nitrogen and oxygen atoms in total. The third-order valence-corrected chi connectivity index (χ3v) is 8.21. The van der Waals surface area contributed by atoms with E-state index in [9.17, 15) is 13.2 Å². The molecule has 0 radical (unpaired) electrons. The van der Waals surface area contributed by atoms with Crippen LogP contribution in [0.4, 0.5) is 17.1 Å². The molecule has 4 rings (SSSR count). The number of benzene rings is 4. The van der Waals surface area contributed by atoms with Gasteiger partial charge in [0.2, 0.25) is 5.91 Å². The fraction of sp³-hybridized carbons (Fsp3) is 0.179. The number of anilines is 3. The van der Waals surface area contributed by atoms with Gasteiger partial charge in [-0.05, 0) is 55.0 Å². The van der Waals surface area contributed by atoms with Crippen LogP contribution in [0.2, 0.25) is 10.0 Å². The second kappa shape index (κ2) is 11.0. The summed E-state index contributed by atoms with van der Waals surface area (Å²) in [5.41, 5.74) is 2.41. The smallest absolute Gasteiger partial charge is 0.262 e. The Labute approximate surface area is 227 Å². The normalized spacial score (nSPS) is 12.2. The Kier molecular flexibility index (Phi) is 7.97. The predicted molar refractivity (Wildman–Crippen MR) is 154 cm³/mol. The first-order valence-electron chi connectivity index (χ1n) is 11.7. The van der Waals surface area contributed by atoms with Crippen LogP contribution in [0.3, 0.4) is 0 Å². The van der Waals surface area contributed by atoms with Gasteiger partial charge in [0, 0.05) is 57.5 Å². The molecule has 1 unspecified atom stereocenters. The molecule has 0 bridgehead atoms. The molecule has 4 aromatic rings. The lowest BCUT2D eigenvalue weighted by Crippen LogP contribution is -2.21. The maximum Gasteiger partial charge on any atom is 0.262 e. The van der Waals surface area contributed by atoms with E-state index in [1.54, 1.807) is 60.7 Å². The minimum absolute atomic E-state index is 0.188. The minimum atomic E-state index is -3.87. The van der Waals surface area contributed by atoms with Gasteiger partial charge in [-0.25, -0.2) is 8.42 Å². The molecule has 0 aliphatic heterocycles. The molecule has 9 heteroatoms. The van der Waals surface area contributed by atoms with Gasteiger partial charge in [-0.3, -0.25) is 9.52 Å². The van der Waals surface area contributed by atoms with E-state index in [2.05, 4.69) is 10.0 Å². The van der Waals surface area contributed by atoms with Crippen molar-refractivity contribution < 1.29 is 13.2 Å². The van der Waals surface area contributed by atoms with Crippen LogP contribution in [-0.4, -0.2) is 28.4 Å². The average molecular weight is 557 g/mol. The van der Waals surface area contributed by atoms with Crippen molar-refractivity contribution in [2.75, 3.05) is 29.0 Å². The number of halogens is 2. The van der Waals surface area contributed by atoms with Gasteiger partial charge >= 0.3 is 0 Å². The van der Waals surface area contributed by atoms with Gasteiger partial charge < -0.3 is 10.2 Å². The molecule has 0 aliphatic rings. The number of rotatable bonds is 8. The summed E-state index contributed by atoms with van der Waals surface area (Å²) in [5.74, 6) is -0.781. The second-order valence-corrected chi connectivity index (χ2v) is 11.3. The number of carbonyl (C=O) groups is 1. The molecule has 2 N–H and O–H groups in total. The summed E-state index contributed by atoms with van der Waals surface area (Å²) in [6, 6.07) is 22.4. The number of hydrogen-bond acceptors (Lipinski definition) is 4. The quantitative estimate of drug-likeness (QED) is 0.242. The zero-order valence-electron chi connectivity index (χ0n) is 20.6. The van der Waals surface area contributed by atoms with Gasteiger partial charge in [-0.1, -0.05) is 60.5 Å². The summed E-state index contributed by atoms with van der Waals surface area (Å²) in [4.78, 5) is 15.1. The SMILES string of the molecule is CCC(C(=O)Nc1ccc(NS(=O)(=O)c2cccc3c(N(C)C)cccc23)cc1)c1c(Cl)cccc1Cl. The van der Waals surface area contributed by atoms with E-state index in [1.807, 2.05) is 44.1 Å². The van der Waals surface area contributed by atoms with Gasteiger partial charge in [0.25, 0.3) is 10.0 Å². The van der Waals surface area contributed by atoms with Crippen LogP contribution in [0.15, 0.2) is 83.8 Å². The Morgan fingerprint density at radius 1 is 0.838 bits per heavy atom. The van der Waals surface area contributed by atoms with E-state index in [4.69, 9.17) is 23.2 Å². The largest absolute Gasteiger partial charge is 0.377 e. The maximum absolute atomic E-state index is 13.3. The van der Waals surface area contributed by atoms with Crippen molar-refractivity contribution in [2.45, 2.75) is 24.2 Å². The highest BCUT2D eigenvalue weighted by Crippen LogP contribution is 2.35. The average Bonchev–Trinajstić information content (AvgIpc) is 2.86. The van der Waals surface area contributed by atoms with Crippen molar-refractivity contribution in [1.29, 1.82) is 0 Å². The van der Waals surface area contributed by atoms with E-state index in [0.29, 0.717) is 38.8 Å². The lowest BCUT2D eigenvalue weighted by Gasteiger charge is -2.18. The molecule has 0 aliphatic carbocycles. The monoisotopic (exact) mass is 555 g/mol. The summed E-state index contributed by atoms with van der Waals surface area (Å²) in [6.45, 7) is 1.89. The zero-order chi connectivity index (χ0) is 26.7. The molecule has 1 atom stereocenters. The fourth-order valence-corrected chi connectivity index (χ4v) is 6.26. The number of carbonyl (C=O) groups excluding carboxylic acids is 1. The molecule has 1 amide bonds. The maximum atomic E-state index is 13.3. The first-order chi connectivity index (χ1) is 17.6. The number of nitrogens with zero attached hydrogens (tertiary/aromatic N) is 1. The van der Waals surface area contributed by atoms with Crippen molar-refractivity contribution in [3.05, 3.63) is 94.5 Å².